The predicted molar refractivity (Wildman–Crippen MR) is 77.6 cm³/mol. The molecule has 21 heavy (non-hydrogen) atoms. The quantitative estimate of drug-likeness (QED) is 0.907. The van der Waals surface area contributed by atoms with E-state index >= 15 is 0 Å². The van der Waals surface area contributed by atoms with Crippen molar-refractivity contribution in [3.05, 3.63) is 65.5 Å². The van der Waals surface area contributed by atoms with E-state index in [1.54, 1.807) is 0 Å². The van der Waals surface area contributed by atoms with Crippen LogP contribution in [-0.2, 0) is 16.4 Å². The summed E-state index contributed by atoms with van der Waals surface area (Å²) >= 11 is 0. The Morgan fingerprint density at radius 1 is 1.14 bits per heavy atom. The zero-order chi connectivity index (χ0) is 15.0. The lowest BCUT2D eigenvalue weighted by molar-refractivity contribution is 0.517. The third kappa shape index (κ3) is 2.70. The van der Waals surface area contributed by atoms with Crippen LogP contribution in [0.2, 0.25) is 0 Å². The number of fused-ring (bicyclic) bond motifs is 1. The van der Waals surface area contributed by atoms with Gasteiger partial charge in [-0.25, -0.2) is 17.5 Å². The minimum atomic E-state index is -3.81. The van der Waals surface area contributed by atoms with E-state index in [-0.39, 0.29) is 10.9 Å². The lowest BCUT2D eigenvalue weighted by Gasteiger charge is -2.18. The van der Waals surface area contributed by atoms with Gasteiger partial charge in [0.2, 0.25) is 10.0 Å². The van der Waals surface area contributed by atoms with Gasteiger partial charge < -0.3 is 5.73 Å². The molecule has 2 aromatic carbocycles. The van der Waals surface area contributed by atoms with Crippen LogP contribution >= 0.6 is 0 Å². The van der Waals surface area contributed by atoms with Crippen LogP contribution in [-0.4, -0.2) is 14.5 Å². The van der Waals surface area contributed by atoms with Gasteiger partial charge in [0.05, 0.1) is 10.9 Å². The van der Waals surface area contributed by atoms with E-state index in [0.29, 0.717) is 6.42 Å². The van der Waals surface area contributed by atoms with Crippen molar-refractivity contribution in [2.75, 3.05) is 0 Å². The molecule has 6 heteroatoms. The second kappa shape index (κ2) is 5.22. The van der Waals surface area contributed by atoms with Crippen molar-refractivity contribution < 1.29 is 12.8 Å². The van der Waals surface area contributed by atoms with E-state index in [9.17, 15) is 12.8 Å². The molecule has 0 amide bonds. The fraction of sp³-hybridized carbons (Fsp3) is 0.200. The number of hydrogen-bond acceptors (Lipinski definition) is 3. The van der Waals surface area contributed by atoms with Crippen LogP contribution in [0.3, 0.4) is 0 Å². The SMILES string of the molecule is NC1Cc2ccccc2C1NS(=O)(=O)c1cccc(F)c1. The van der Waals surface area contributed by atoms with Gasteiger partial charge in [0.15, 0.2) is 0 Å². The Morgan fingerprint density at radius 2 is 1.90 bits per heavy atom. The lowest BCUT2D eigenvalue weighted by atomic mass is 10.1. The third-order valence-corrected chi connectivity index (χ3v) is 5.10. The topological polar surface area (TPSA) is 72.2 Å². The van der Waals surface area contributed by atoms with E-state index in [4.69, 9.17) is 5.73 Å². The number of rotatable bonds is 3. The number of hydrogen-bond donors (Lipinski definition) is 2. The average molecular weight is 306 g/mol. The highest BCUT2D eigenvalue weighted by molar-refractivity contribution is 7.89. The molecule has 0 saturated heterocycles. The van der Waals surface area contributed by atoms with Crippen molar-refractivity contribution in [1.29, 1.82) is 0 Å². The Morgan fingerprint density at radius 3 is 2.67 bits per heavy atom. The second-order valence-electron chi connectivity index (χ2n) is 5.12. The van der Waals surface area contributed by atoms with Gasteiger partial charge in [0.25, 0.3) is 0 Å². The molecule has 2 aromatic rings. The summed E-state index contributed by atoms with van der Waals surface area (Å²) in [6, 6.07) is 11.6. The van der Waals surface area contributed by atoms with Crippen molar-refractivity contribution in [2.45, 2.75) is 23.4 Å². The first-order valence-electron chi connectivity index (χ1n) is 6.59. The van der Waals surface area contributed by atoms with Crippen LogP contribution in [0.5, 0.6) is 0 Å². The molecule has 0 fully saturated rings. The van der Waals surface area contributed by atoms with Crippen LogP contribution in [0.15, 0.2) is 53.4 Å². The van der Waals surface area contributed by atoms with E-state index in [0.717, 1.165) is 17.2 Å². The van der Waals surface area contributed by atoms with Gasteiger partial charge in [0.1, 0.15) is 5.82 Å². The van der Waals surface area contributed by atoms with Gasteiger partial charge >= 0.3 is 0 Å². The standard InChI is InChI=1S/C15H15FN2O2S/c16-11-5-3-6-12(9-11)21(19,20)18-15-13-7-2-1-4-10(13)8-14(15)17/h1-7,9,14-15,18H,8,17H2. The van der Waals surface area contributed by atoms with Crippen molar-refractivity contribution in [2.24, 2.45) is 5.73 Å². The molecule has 0 aromatic heterocycles. The molecule has 0 saturated carbocycles. The fourth-order valence-corrected chi connectivity index (χ4v) is 3.94. The van der Waals surface area contributed by atoms with Crippen LogP contribution < -0.4 is 10.5 Å². The monoisotopic (exact) mass is 306 g/mol. The van der Waals surface area contributed by atoms with Gasteiger partial charge in [-0.05, 0) is 35.7 Å². The van der Waals surface area contributed by atoms with Crippen LogP contribution in [0.1, 0.15) is 17.2 Å². The highest BCUT2D eigenvalue weighted by atomic mass is 32.2. The van der Waals surface area contributed by atoms with Gasteiger partial charge in [-0.3, -0.25) is 0 Å². The molecule has 2 unspecified atom stereocenters. The molecule has 1 aliphatic rings. The Kier molecular flexibility index (Phi) is 3.52. The lowest BCUT2D eigenvalue weighted by Crippen LogP contribution is -2.38. The maximum Gasteiger partial charge on any atom is 0.241 e. The Balaban J connectivity index is 1.93. The molecule has 0 heterocycles. The summed E-state index contributed by atoms with van der Waals surface area (Å²) in [5.74, 6) is -0.589. The third-order valence-electron chi connectivity index (χ3n) is 3.66. The Labute approximate surface area is 122 Å². The van der Waals surface area contributed by atoms with E-state index in [1.807, 2.05) is 24.3 Å². The summed E-state index contributed by atoms with van der Waals surface area (Å²) in [5.41, 5.74) is 7.96. The van der Waals surface area contributed by atoms with Crippen molar-refractivity contribution in [3.8, 4) is 0 Å². The van der Waals surface area contributed by atoms with Crippen LogP contribution in [0.25, 0.3) is 0 Å². The fourth-order valence-electron chi connectivity index (χ4n) is 2.65. The van der Waals surface area contributed by atoms with Gasteiger partial charge in [-0.1, -0.05) is 30.3 Å². The first kappa shape index (κ1) is 14.2. The zero-order valence-electron chi connectivity index (χ0n) is 11.2. The molecule has 3 N–H and O–H groups in total. The second-order valence-corrected chi connectivity index (χ2v) is 6.84. The normalized spacial score (nSPS) is 21.2. The summed E-state index contributed by atoms with van der Waals surface area (Å²) in [4.78, 5) is -0.0981. The molecule has 3 rings (SSSR count). The molecule has 1 aliphatic carbocycles. The maximum atomic E-state index is 13.2. The molecule has 0 radical (unpaired) electrons. The maximum absolute atomic E-state index is 13.2. The highest BCUT2D eigenvalue weighted by Crippen LogP contribution is 2.31. The van der Waals surface area contributed by atoms with Crippen molar-refractivity contribution in [3.63, 3.8) is 0 Å². The zero-order valence-corrected chi connectivity index (χ0v) is 12.0. The summed E-state index contributed by atoms with van der Waals surface area (Å²) in [7, 11) is -3.81. The predicted octanol–water partition coefficient (Wildman–Crippen LogP) is 1.73. The molecular formula is C15H15FN2O2S. The first-order valence-corrected chi connectivity index (χ1v) is 8.07. The molecule has 4 nitrogen and oxygen atoms in total. The number of halogens is 1. The summed E-state index contributed by atoms with van der Waals surface area (Å²) in [5, 5.41) is 0. The van der Waals surface area contributed by atoms with Crippen LogP contribution in [0, 0.1) is 5.82 Å². The molecular weight excluding hydrogens is 291 g/mol. The molecule has 0 spiro atoms. The van der Waals surface area contributed by atoms with Crippen molar-refractivity contribution >= 4 is 10.0 Å². The molecule has 0 aliphatic heterocycles. The number of benzene rings is 2. The summed E-state index contributed by atoms with van der Waals surface area (Å²) in [6.07, 6.45) is 0.618. The van der Waals surface area contributed by atoms with E-state index in [2.05, 4.69) is 4.72 Å². The van der Waals surface area contributed by atoms with E-state index in [1.165, 1.54) is 18.2 Å². The van der Waals surface area contributed by atoms with E-state index < -0.39 is 21.9 Å². The van der Waals surface area contributed by atoms with Crippen molar-refractivity contribution in [1.82, 2.24) is 4.72 Å². The van der Waals surface area contributed by atoms with Gasteiger partial charge in [-0.15, -0.1) is 0 Å². The average Bonchev–Trinajstić information content (AvgIpc) is 2.75. The molecule has 2 atom stereocenters. The smallest absolute Gasteiger partial charge is 0.241 e. The number of nitrogens with one attached hydrogen (secondary N) is 1. The minimum Gasteiger partial charge on any atom is -0.326 e. The number of sulfonamides is 1. The summed E-state index contributed by atoms with van der Waals surface area (Å²) in [6.45, 7) is 0. The minimum absolute atomic E-state index is 0.0981. The largest absolute Gasteiger partial charge is 0.326 e. The van der Waals surface area contributed by atoms with Crippen LogP contribution in [0.4, 0.5) is 4.39 Å². The highest BCUT2D eigenvalue weighted by Gasteiger charge is 2.33. The summed E-state index contributed by atoms with van der Waals surface area (Å²) < 4.78 is 40.5. The molecule has 0 bridgehead atoms. The number of nitrogens with two attached hydrogens (primary N) is 1. The van der Waals surface area contributed by atoms with Gasteiger partial charge in [0, 0.05) is 6.04 Å². The first-order chi connectivity index (χ1) is 9.97. The Hall–Kier alpha value is -1.76. The Bertz CT molecular complexity index is 777. The molecule has 110 valence electrons. The van der Waals surface area contributed by atoms with Gasteiger partial charge in [-0.2, -0.15) is 0 Å².